The van der Waals surface area contributed by atoms with E-state index in [0.29, 0.717) is 5.56 Å². The van der Waals surface area contributed by atoms with Crippen molar-refractivity contribution in [3.05, 3.63) is 64.1 Å². The molecule has 10 heteroatoms. The lowest BCUT2D eigenvalue weighted by molar-refractivity contribution is -0.154. The highest BCUT2D eigenvalue weighted by atomic mass is 79.9. The summed E-state index contributed by atoms with van der Waals surface area (Å²) in [6.45, 7) is -0.218. The molecule has 2 aliphatic rings. The predicted octanol–water partition coefficient (Wildman–Crippen LogP) is 1.29. The lowest BCUT2D eigenvalue weighted by atomic mass is 9.79. The zero-order valence-corrected chi connectivity index (χ0v) is 17.5. The van der Waals surface area contributed by atoms with Crippen molar-refractivity contribution in [2.24, 2.45) is 5.92 Å². The number of imide groups is 1. The zero-order valence-electron chi connectivity index (χ0n) is 15.1. The van der Waals surface area contributed by atoms with Crippen LogP contribution in [0.2, 0.25) is 0 Å². The van der Waals surface area contributed by atoms with Crippen molar-refractivity contribution in [3.63, 3.8) is 0 Å². The molecule has 1 N–H and O–H groups in total. The normalized spacial score (nSPS) is 25.1. The third-order valence-electron chi connectivity index (χ3n) is 5.17. The van der Waals surface area contributed by atoms with E-state index in [2.05, 4.69) is 21.2 Å². The molecule has 0 saturated carbocycles. The van der Waals surface area contributed by atoms with Crippen LogP contribution in [0, 0.1) is 5.92 Å². The number of nitrogens with zero attached hydrogens (tertiary/aromatic N) is 1. The Morgan fingerprint density at radius 2 is 1.93 bits per heavy atom. The Morgan fingerprint density at radius 1 is 1.21 bits per heavy atom. The summed E-state index contributed by atoms with van der Waals surface area (Å²) in [6.07, 6.45) is 0. The minimum absolute atomic E-state index is 0.0775. The van der Waals surface area contributed by atoms with E-state index in [9.17, 15) is 22.8 Å². The van der Waals surface area contributed by atoms with Crippen LogP contribution in [0.1, 0.15) is 11.1 Å². The Hall–Kier alpha value is -2.56. The second-order valence-corrected chi connectivity index (χ2v) is 9.43. The van der Waals surface area contributed by atoms with Crippen LogP contribution in [0.15, 0.2) is 57.9 Å². The van der Waals surface area contributed by atoms with Crippen molar-refractivity contribution in [2.45, 2.75) is 17.0 Å². The molecule has 1 saturated heterocycles. The SMILES string of the molecule is COC(=O)C1C(=O)NC(=O)C12c1ccccc1S(=O)(=O)N2Cc1cccc(Br)c1. The number of sulfonamides is 1. The fraction of sp³-hybridized carbons (Fsp3) is 0.211. The monoisotopic (exact) mass is 478 g/mol. The molecule has 0 bridgehead atoms. The number of benzene rings is 2. The van der Waals surface area contributed by atoms with Gasteiger partial charge in [0.15, 0.2) is 11.5 Å². The van der Waals surface area contributed by atoms with Gasteiger partial charge in [0.2, 0.25) is 15.9 Å². The van der Waals surface area contributed by atoms with Crippen LogP contribution in [0.5, 0.6) is 0 Å². The fourth-order valence-electron chi connectivity index (χ4n) is 3.99. The first-order chi connectivity index (χ1) is 13.7. The molecule has 29 heavy (non-hydrogen) atoms. The van der Waals surface area contributed by atoms with Crippen molar-refractivity contribution >= 4 is 43.7 Å². The molecule has 8 nitrogen and oxygen atoms in total. The maximum absolute atomic E-state index is 13.4. The van der Waals surface area contributed by atoms with Gasteiger partial charge in [0.1, 0.15) is 0 Å². The van der Waals surface area contributed by atoms with E-state index in [-0.39, 0.29) is 17.0 Å². The third-order valence-corrected chi connectivity index (χ3v) is 7.58. The summed E-state index contributed by atoms with van der Waals surface area (Å²) in [6, 6.07) is 12.8. The Labute approximate surface area is 175 Å². The topological polar surface area (TPSA) is 110 Å². The minimum atomic E-state index is -4.18. The smallest absolute Gasteiger partial charge is 0.321 e. The molecule has 4 rings (SSSR count). The van der Waals surface area contributed by atoms with Gasteiger partial charge in [-0.3, -0.25) is 19.7 Å². The molecule has 1 fully saturated rings. The number of carbonyl (C=O) groups excluding carboxylic acids is 3. The van der Waals surface area contributed by atoms with E-state index in [1.165, 1.54) is 18.2 Å². The maximum atomic E-state index is 13.4. The summed E-state index contributed by atoms with van der Waals surface area (Å²) in [4.78, 5) is 38.1. The molecule has 2 aromatic rings. The number of halogens is 1. The van der Waals surface area contributed by atoms with Crippen LogP contribution in [0.4, 0.5) is 0 Å². The number of methoxy groups -OCH3 is 1. The van der Waals surface area contributed by atoms with Crippen LogP contribution < -0.4 is 5.32 Å². The second kappa shape index (κ2) is 6.75. The predicted molar refractivity (Wildman–Crippen MR) is 104 cm³/mol. The number of esters is 1. The Kier molecular flexibility index (Phi) is 4.60. The number of fused-ring (bicyclic) bond motifs is 2. The first-order valence-electron chi connectivity index (χ1n) is 8.54. The van der Waals surface area contributed by atoms with Gasteiger partial charge < -0.3 is 4.74 Å². The molecule has 2 heterocycles. The molecule has 1 spiro atoms. The van der Waals surface area contributed by atoms with Gasteiger partial charge >= 0.3 is 5.97 Å². The average molecular weight is 479 g/mol. The number of hydrogen-bond acceptors (Lipinski definition) is 6. The van der Waals surface area contributed by atoms with Crippen LogP contribution in [0.25, 0.3) is 0 Å². The molecule has 2 atom stereocenters. The lowest BCUT2D eigenvalue weighted by Gasteiger charge is -2.34. The summed E-state index contributed by atoms with van der Waals surface area (Å²) < 4.78 is 33.2. The Balaban J connectivity index is 2.01. The average Bonchev–Trinajstić information content (AvgIpc) is 3.05. The van der Waals surface area contributed by atoms with E-state index in [4.69, 9.17) is 4.74 Å². The summed E-state index contributed by atoms with van der Waals surface area (Å²) in [5, 5.41) is 2.13. The van der Waals surface area contributed by atoms with Gasteiger partial charge in [0.05, 0.1) is 12.0 Å². The van der Waals surface area contributed by atoms with E-state index in [0.717, 1.165) is 15.9 Å². The van der Waals surface area contributed by atoms with E-state index >= 15 is 0 Å². The second-order valence-electron chi connectivity index (χ2n) is 6.68. The highest BCUT2D eigenvalue weighted by molar-refractivity contribution is 9.10. The lowest BCUT2D eigenvalue weighted by Crippen LogP contribution is -2.54. The number of ether oxygens (including phenoxy) is 1. The van der Waals surface area contributed by atoms with Gasteiger partial charge in [0.25, 0.3) is 5.91 Å². The largest absolute Gasteiger partial charge is 0.468 e. The van der Waals surface area contributed by atoms with E-state index in [1.807, 2.05) is 0 Å². The van der Waals surface area contributed by atoms with E-state index in [1.54, 1.807) is 30.3 Å². The van der Waals surface area contributed by atoms with Gasteiger partial charge in [-0.25, -0.2) is 8.42 Å². The Morgan fingerprint density at radius 3 is 2.62 bits per heavy atom. The number of rotatable bonds is 3. The third kappa shape index (κ3) is 2.66. The van der Waals surface area contributed by atoms with E-state index < -0.39 is 39.3 Å². The number of carbonyl (C=O) groups is 3. The van der Waals surface area contributed by atoms with Crippen LogP contribution >= 0.6 is 15.9 Å². The van der Waals surface area contributed by atoms with Crippen LogP contribution in [0.3, 0.4) is 0 Å². The van der Waals surface area contributed by atoms with Gasteiger partial charge in [-0.05, 0) is 23.8 Å². The molecule has 2 amide bonds. The van der Waals surface area contributed by atoms with Crippen molar-refractivity contribution in [1.82, 2.24) is 9.62 Å². The minimum Gasteiger partial charge on any atom is -0.468 e. The first-order valence-corrected chi connectivity index (χ1v) is 10.8. The maximum Gasteiger partial charge on any atom is 0.321 e. The molecule has 2 unspecified atom stereocenters. The van der Waals surface area contributed by atoms with Crippen molar-refractivity contribution in [2.75, 3.05) is 7.11 Å². The molecule has 0 radical (unpaired) electrons. The van der Waals surface area contributed by atoms with Gasteiger partial charge in [-0.1, -0.05) is 46.3 Å². The van der Waals surface area contributed by atoms with Crippen LogP contribution in [-0.2, 0) is 41.2 Å². The number of amides is 2. The summed E-state index contributed by atoms with van der Waals surface area (Å²) in [7, 11) is -3.10. The van der Waals surface area contributed by atoms with Crippen molar-refractivity contribution in [3.8, 4) is 0 Å². The van der Waals surface area contributed by atoms with Gasteiger partial charge in [-0.2, -0.15) is 4.31 Å². The molecule has 2 aliphatic heterocycles. The molecule has 0 aliphatic carbocycles. The molecule has 150 valence electrons. The molecular weight excluding hydrogens is 464 g/mol. The van der Waals surface area contributed by atoms with Crippen LogP contribution in [-0.4, -0.2) is 37.6 Å². The highest BCUT2D eigenvalue weighted by Gasteiger charge is 2.70. The Bertz CT molecular complexity index is 1160. The molecular formula is C19H15BrN2O6S. The first kappa shape index (κ1) is 19.7. The standard InChI is InChI=1S/C19H15BrN2O6S/c1-28-17(24)15-16(23)21-18(25)19(15)13-7-2-3-8-14(13)29(26,27)22(19)10-11-5-4-6-12(20)9-11/h2-9,15H,10H2,1H3,(H,21,23,25). The number of hydrogen-bond donors (Lipinski definition) is 1. The summed E-state index contributed by atoms with van der Waals surface area (Å²) in [5.74, 6) is -4.42. The van der Waals surface area contributed by atoms with Gasteiger partial charge in [0, 0.05) is 16.6 Å². The van der Waals surface area contributed by atoms with Crippen molar-refractivity contribution in [1.29, 1.82) is 0 Å². The fourth-order valence-corrected chi connectivity index (χ4v) is 6.41. The summed E-state index contributed by atoms with van der Waals surface area (Å²) in [5.41, 5.74) is -1.40. The molecule has 0 aromatic heterocycles. The number of nitrogens with one attached hydrogen (secondary N) is 1. The van der Waals surface area contributed by atoms with Gasteiger partial charge in [-0.15, -0.1) is 0 Å². The molecule has 2 aromatic carbocycles. The zero-order chi connectivity index (χ0) is 21.0. The summed E-state index contributed by atoms with van der Waals surface area (Å²) >= 11 is 3.34. The highest BCUT2D eigenvalue weighted by Crippen LogP contribution is 2.52. The van der Waals surface area contributed by atoms with Crippen molar-refractivity contribution < 1.29 is 27.5 Å². The quantitative estimate of drug-likeness (QED) is 0.404.